The quantitative estimate of drug-likeness (QED) is 0.806. The smallest absolute Gasteiger partial charge is 0.0959 e. The molecule has 1 atom stereocenters. The van der Waals surface area contributed by atoms with Crippen molar-refractivity contribution in [3.63, 3.8) is 0 Å². The van der Waals surface area contributed by atoms with Crippen molar-refractivity contribution in [3.05, 3.63) is 30.7 Å². The van der Waals surface area contributed by atoms with Crippen LogP contribution in [0.5, 0.6) is 0 Å². The summed E-state index contributed by atoms with van der Waals surface area (Å²) in [4.78, 5) is 10.6. The Labute approximate surface area is 105 Å². The van der Waals surface area contributed by atoms with Gasteiger partial charge in [0, 0.05) is 49.3 Å². The van der Waals surface area contributed by atoms with Crippen molar-refractivity contribution in [1.82, 2.24) is 9.97 Å². The summed E-state index contributed by atoms with van der Waals surface area (Å²) in [5.41, 5.74) is 6.84. The Kier molecular flexibility index (Phi) is 2.65. The van der Waals surface area contributed by atoms with E-state index in [-0.39, 0.29) is 0 Å². The maximum atomic E-state index is 10.2. The van der Waals surface area contributed by atoms with Gasteiger partial charge in [-0.05, 0) is 18.6 Å². The summed E-state index contributed by atoms with van der Waals surface area (Å²) in [5.74, 6) is 0. The molecule has 0 bridgehead atoms. The number of pyridine rings is 2. The molecule has 0 spiro atoms. The maximum Gasteiger partial charge on any atom is 0.0959 e. The van der Waals surface area contributed by atoms with Crippen LogP contribution in [0.3, 0.4) is 0 Å². The van der Waals surface area contributed by atoms with Gasteiger partial charge in [-0.2, -0.15) is 0 Å². The monoisotopic (exact) mass is 244 g/mol. The van der Waals surface area contributed by atoms with E-state index in [1.807, 2.05) is 18.3 Å². The molecular weight excluding hydrogens is 228 g/mol. The summed E-state index contributed by atoms with van der Waals surface area (Å²) in [7, 11) is 0. The van der Waals surface area contributed by atoms with Gasteiger partial charge >= 0.3 is 0 Å². The second-order valence-corrected chi connectivity index (χ2v) is 4.82. The summed E-state index contributed by atoms with van der Waals surface area (Å²) < 4.78 is 0. The zero-order valence-electron chi connectivity index (χ0n) is 10.1. The third-order valence-corrected chi connectivity index (χ3v) is 3.57. The van der Waals surface area contributed by atoms with E-state index in [4.69, 9.17) is 5.73 Å². The van der Waals surface area contributed by atoms with Crippen LogP contribution >= 0.6 is 0 Å². The van der Waals surface area contributed by atoms with Gasteiger partial charge in [-0.15, -0.1) is 0 Å². The zero-order valence-corrected chi connectivity index (χ0v) is 10.1. The Hall–Kier alpha value is -1.72. The van der Waals surface area contributed by atoms with Gasteiger partial charge in [0.15, 0.2) is 0 Å². The molecule has 0 aliphatic carbocycles. The van der Waals surface area contributed by atoms with Crippen molar-refractivity contribution >= 4 is 16.6 Å². The Morgan fingerprint density at radius 3 is 3.06 bits per heavy atom. The van der Waals surface area contributed by atoms with E-state index in [2.05, 4.69) is 14.9 Å². The number of aromatic nitrogens is 2. The molecule has 2 aromatic heterocycles. The number of β-amino-alcohol motifs (C(OH)–C–C–N with tert-alkyl or cyclic N) is 1. The fourth-order valence-electron chi connectivity index (χ4n) is 2.48. The third-order valence-electron chi connectivity index (χ3n) is 3.57. The Morgan fingerprint density at radius 1 is 1.39 bits per heavy atom. The van der Waals surface area contributed by atoms with Gasteiger partial charge in [0.2, 0.25) is 0 Å². The van der Waals surface area contributed by atoms with Gasteiger partial charge in [0.05, 0.1) is 11.1 Å². The van der Waals surface area contributed by atoms with Crippen LogP contribution in [0.1, 0.15) is 6.42 Å². The largest absolute Gasteiger partial charge is 0.387 e. The Bertz CT molecular complexity index is 568. The van der Waals surface area contributed by atoms with Crippen LogP contribution in [-0.4, -0.2) is 40.3 Å². The van der Waals surface area contributed by atoms with Crippen LogP contribution in [0.4, 0.5) is 5.69 Å². The summed E-state index contributed by atoms with van der Waals surface area (Å²) >= 11 is 0. The first-order valence-corrected chi connectivity index (χ1v) is 6.08. The highest BCUT2D eigenvalue weighted by Crippen LogP contribution is 2.30. The molecule has 1 fully saturated rings. The predicted molar refractivity (Wildman–Crippen MR) is 70.4 cm³/mol. The molecule has 1 saturated heterocycles. The van der Waals surface area contributed by atoms with Crippen LogP contribution in [0.25, 0.3) is 10.9 Å². The number of rotatable bonds is 2. The molecule has 5 heteroatoms. The second kappa shape index (κ2) is 4.19. The number of hydrogen-bond acceptors (Lipinski definition) is 5. The van der Waals surface area contributed by atoms with Crippen molar-refractivity contribution in [2.24, 2.45) is 5.73 Å². The van der Waals surface area contributed by atoms with Gasteiger partial charge in [-0.3, -0.25) is 9.97 Å². The first-order valence-electron chi connectivity index (χ1n) is 6.08. The van der Waals surface area contributed by atoms with Crippen molar-refractivity contribution in [1.29, 1.82) is 0 Å². The molecule has 3 rings (SSSR count). The standard InChI is InChI=1S/C13H16N4O/c14-8-13(18)3-6-17(9-13)12-2-5-16-11-1-4-15-7-10(11)12/h1-2,4-5,7,18H,3,6,8-9,14H2/t13-/m1/s1. The topological polar surface area (TPSA) is 75.3 Å². The molecule has 3 heterocycles. The first kappa shape index (κ1) is 11.4. The summed E-state index contributed by atoms with van der Waals surface area (Å²) in [5, 5.41) is 11.2. The zero-order chi connectivity index (χ0) is 12.6. The first-order chi connectivity index (χ1) is 8.72. The highest BCUT2D eigenvalue weighted by molar-refractivity contribution is 5.90. The number of nitrogens with two attached hydrogens (primary N) is 1. The molecule has 0 aromatic carbocycles. The molecule has 0 saturated carbocycles. The second-order valence-electron chi connectivity index (χ2n) is 4.82. The molecule has 1 aliphatic heterocycles. The molecular formula is C13H16N4O. The summed E-state index contributed by atoms with van der Waals surface area (Å²) in [6, 6.07) is 3.86. The molecule has 18 heavy (non-hydrogen) atoms. The number of anilines is 1. The minimum Gasteiger partial charge on any atom is -0.387 e. The molecule has 0 unspecified atom stereocenters. The average Bonchev–Trinajstić information content (AvgIpc) is 2.81. The third kappa shape index (κ3) is 1.81. The van der Waals surface area contributed by atoms with Crippen LogP contribution in [0.2, 0.25) is 0 Å². The lowest BCUT2D eigenvalue weighted by Crippen LogP contribution is -2.40. The van der Waals surface area contributed by atoms with Crippen molar-refractivity contribution in [2.75, 3.05) is 24.5 Å². The van der Waals surface area contributed by atoms with Crippen LogP contribution in [0, 0.1) is 0 Å². The minimum atomic E-state index is -0.766. The lowest BCUT2D eigenvalue weighted by atomic mass is 10.0. The molecule has 94 valence electrons. The lowest BCUT2D eigenvalue weighted by molar-refractivity contribution is 0.0726. The number of hydrogen-bond donors (Lipinski definition) is 2. The molecule has 0 radical (unpaired) electrons. The van der Waals surface area contributed by atoms with E-state index in [0.29, 0.717) is 19.5 Å². The van der Waals surface area contributed by atoms with Crippen molar-refractivity contribution in [3.8, 4) is 0 Å². The van der Waals surface area contributed by atoms with Crippen LogP contribution < -0.4 is 10.6 Å². The van der Waals surface area contributed by atoms with E-state index >= 15 is 0 Å². The summed E-state index contributed by atoms with van der Waals surface area (Å²) in [6.45, 7) is 1.67. The normalized spacial score (nSPS) is 23.8. The molecule has 3 N–H and O–H groups in total. The Morgan fingerprint density at radius 2 is 2.28 bits per heavy atom. The maximum absolute atomic E-state index is 10.2. The average molecular weight is 244 g/mol. The fraction of sp³-hybridized carbons (Fsp3) is 0.385. The lowest BCUT2D eigenvalue weighted by Gasteiger charge is -2.23. The van der Waals surface area contributed by atoms with E-state index in [9.17, 15) is 5.11 Å². The molecule has 5 nitrogen and oxygen atoms in total. The van der Waals surface area contributed by atoms with E-state index in [1.165, 1.54) is 0 Å². The van der Waals surface area contributed by atoms with E-state index in [0.717, 1.165) is 23.1 Å². The number of nitrogens with zero attached hydrogens (tertiary/aromatic N) is 3. The van der Waals surface area contributed by atoms with Crippen LogP contribution in [0.15, 0.2) is 30.7 Å². The summed E-state index contributed by atoms with van der Waals surface area (Å²) in [6.07, 6.45) is 6.04. The Balaban J connectivity index is 2.01. The fourth-order valence-corrected chi connectivity index (χ4v) is 2.48. The van der Waals surface area contributed by atoms with Gasteiger partial charge in [0.25, 0.3) is 0 Å². The predicted octanol–water partition coefficient (Wildman–Crippen LogP) is 0.530. The van der Waals surface area contributed by atoms with Crippen LogP contribution in [-0.2, 0) is 0 Å². The minimum absolute atomic E-state index is 0.296. The molecule has 1 aliphatic rings. The highest BCUT2D eigenvalue weighted by atomic mass is 16.3. The highest BCUT2D eigenvalue weighted by Gasteiger charge is 2.35. The van der Waals surface area contributed by atoms with E-state index < -0.39 is 5.60 Å². The SMILES string of the molecule is NC[C@]1(O)CCN(c2ccnc3ccncc23)C1. The molecule has 0 amide bonds. The molecule has 2 aromatic rings. The van der Waals surface area contributed by atoms with Gasteiger partial charge in [-0.1, -0.05) is 0 Å². The number of aliphatic hydroxyl groups is 1. The van der Waals surface area contributed by atoms with Crippen molar-refractivity contribution in [2.45, 2.75) is 12.0 Å². The van der Waals surface area contributed by atoms with Gasteiger partial charge in [-0.25, -0.2) is 0 Å². The van der Waals surface area contributed by atoms with E-state index in [1.54, 1.807) is 12.4 Å². The number of fused-ring (bicyclic) bond motifs is 1. The van der Waals surface area contributed by atoms with Crippen molar-refractivity contribution < 1.29 is 5.11 Å². The van der Waals surface area contributed by atoms with Gasteiger partial charge < -0.3 is 15.7 Å². The van der Waals surface area contributed by atoms with Gasteiger partial charge in [0.1, 0.15) is 0 Å².